The summed E-state index contributed by atoms with van der Waals surface area (Å²) in [6.07, 6.45) is -1.45. The molecule has 0 saturated carbocycles. The average molecular weight is 520 g/mol. The first kappa shape index (κ1) is 29.2. The van der Waals surface area contributed by atoms with Crippen molar-refractivity contribution in [3.63, 3.8) is 0 Å². The number of rotatable bonds is 8. The lowest BCUT2D eigenvalue weighted by atomic mass is 9.85. The zero-order valence-electron chi connectivity index (χ0n) is 23.5. The van der Waals surface area contributed by atoms with Crippen molar-refractivity contribution >= 4 is 28.6 Å². The van der Waals surface area contributed by atoms with Crippen LogP contribution in [0.4, 0.5) is 4.79 Å². The molecule has 6 nitrogen and oxygen atoms in total. The molecule has 8 heteroatoms. The number of hydrogen-bond donors (Lipinski definition) is 0. The highest BCUT2D eigenvalue weighted by molar-refractivity contribution is 6.80. The lowest BCUT2D eigenvalue weighted by molar-refractivity contribution is -0.155. The molecule has 1 fully saturated rings. The maximum atomic E-state index is 13.6. The minimum Gasteiger partial charge on any atom is -0.545 e. The average Bonchev–Trinajstić information content (AvgIpc) is 2.68. The van der Waals surface area contributed by atoms with E-state index in [9.17, 15) is 9.59 Å². The summed E-state index contributed by atoms with van der Waals surface area (Å²) in [5.41, 5.74) is 0.870. The number of hydrogen-bond acceptors (Lipinski definition) is 5. The molecule has 1 aliphatic heterocycles. The van der Waals surface area contributed by atoms with Gasteiger partial charge in [0.25, 0.3) is 0 Å². The summed E-state index contributed by atoms with van der Waals surface area (Å²) >= 11 is 0. The Labute approximate surface area is 214 Å². The van der Waals surface area contributed by atoms with Crippen LogP contribution in [0.1, 0.15) is 54.0 Å². The Hall–Kier alpha value is -2.07. The number of amides is 1. The van der Waals surface area contributed by atoms with Crippen molar-refractivity contribution in [2.24, 2.45) is 5.92 Å². The molecule has 1 amide bonds. The molecule has 2 rings (SSSR count). The zero-order chi connectivity index (χ0) is 27.0. The fourth-order valence-electron chi connectivity index (χ4n) is 3.81. The van der Waals surface area contributed by atoms with Crippen LogP contribution >= 0.6 is 0 Å². The molecule has 0 spiro atoms. The molecule has 0 bridgehead atoms. The predicted octanol–water partition coefficient (Wildman–Crippen LogP) is 7.10. The quantitative estimate of drug-likeness (QED) is 0.159. The first-order valence-electron chi connectivity index (χ1n) is 12.4. The lowest BCUT2D eigenvalue weighted by Gasteiger charge is -2.59. The number of carbonyl (C=O) groups excluding carboxylic acids is 2. The summed E-state index contributed by atoms with van der Waals surface area (Å²) in [4.78, 5) is 26.0. The summed E-state index contributed by atoms with van der Waals surface area (Å²) in [5.74, 6) is 0.0368. The summed E-state index contributed by atoms with van der Waals surface area (Å²) < 4.78 is 19.5. The maximum Gasteiger partial charge on any atom is 0.508 e. The van der Waals surface area contributed by atoms with E-state index in [-0.39, 0.29) is 28.6 Å². The van der Waals surface area contributed by atoms with Gasteiger partial charge in [-0.2, -0.15) is 0 Å². The van der Waals surface area contributed by atoms with Crippen molar-refractivity contribution in [1.29, 1.82) is 0 Å². The van der Waals surface area contributed by atoms with E-state index in [1.807, 2.05) is 34.9 Å². The van der Waals surface area contributed by atoms with Crippen LogP contribution in [0.15, 0.2) is 42.7 Å². The van der Waals surface area contributed by atoms with Gasteiger partial charge < -0.3 is 18.5 Å². The molecule has 196 valence electrons. The zero-order valence-corrected chi connectivity index (χ0v) is 25.5. The van der Waals surface area contributed by atoms with E-state index in [1.165, 1.54) is 0 Å². The minimum absolute atomic E-state index is 0.00932. The van der Waals surface area contributed by atoms with E-state index in [1.54, 1.807) is 6.92 Å². The Bertz CT molecular complexity index is 931. The van der Waals surface area contributed by atoms with E-state index in [0.717, 1.165) is 5.56 Å². The van der Waals surface area contributed by atoms with Gasteiger partial charge in [-0.1, -0.05) is 91.5 Å². The Kier molecular flexibility index (Phi) is 8.44. The van der Waals surface area contributed by atoms with Gasteiger partial charge in [0.2, 0.25) is 14.2 Å². The number of nitrogens with zero attached hydrogens (tertiary/aromatic N) is 1. The Morgan fingerprint density at radius 3 is 2.06 bits per heavy atom. The number of benzene rings is 1. The molecule has 1 aliphatic rings. The Morgan fingerprint density at radius 1 is 1.03 bits per heavy atom. The van der Waals surface area contributed by atoms with E-state index >= 15 is 0 Å². The third kappa shape index (κ3) is 6.20. The number of ether oxygens (including phenoxy) is 2. The Balaban J connectivity index is 2.24. The van der Waals surface area contributed by atoms with E-state index in [4.69, 9.17) is 13.9 Å². The van der Waals surface area contributed by atoms with Crippen LogP contribution < -0.4 is 0 Å². The van der Waals surface area contributed by atoms with Gasteiger partial charge in [-0.15, -0.1) is 0 Å². The van der Waals surface area contributed by atoms with E-state index in [0.29, 0.717) is 5.76 Å². The fraction of sp³-hybridized carbons (Fsp3) is 0.630. The molecule has 0 radical (unpaired) electrons. The van der Waals surface area contributed by atoms with Gasteiger partial charge in [0.05, 0.1) is 11.8 Å². The maximum absolute atomic E-state index is 13.6. The van der Waals surface area contributed by atoms with Gasteiger partial charge in [-0.05, 0) is 35.7 Å². The highest BCUT2D eigenvalue weighted by atomic mass is 28.4. The standard InChI is InChI=1S/C27H45NO5Si2/c1-19(32-25(30)31-18-21-16-14-13-15-17-21)22-23(20(2)33-35(11,12)27(6,7)8)28(24(22)29)34(9,10)26(3,4)5/h13-17,19,22-23H,2,18H2,1,3-12H3/t19-,22-,23-/m1/s1. The van der Waals surface area contributed by atoms with Gasteiger partial charge in [-0.25, -0.2) is 4.79 Å². The predicted molar refractivity (Wildman–Crippen MR) is 146 cm³/mol. The van der Waals surface area contributed by atoms with Crippen molar-refractivity contribution in [3.8, 4) is 0 Å². The summed E-state index contributed by atoms with van der Waals surface area (Å²) in [7, 11) is -4.40. The number of carbonyl (C=O) groups is 2. The fourth-order valence-corrected chi connectivity index (χ4v) is 7.32. The topological polar surface area (TPSA) is 65.1 Å². The van der Waals surface area contributed by atoms with Gasteiger partial charge >= 0.3 is 6.16 Å². The van der Waals surface area contributed by atoms with Crippen molar-refractivity contribution in [2.45, 2.75) is 103 Å². The summed E-state index contributed by atoms with van der Waals surface area (Å²) in [6.45, 7) is 28.0. The van der Waals surface area contributed by atoms with Crippen LogP contribution in [0, 0.1) is 5.92 Å². The second-order valence-electron chi connectivity index (χ2n) is 12.7. The van der Waals surface area contributed by atoms with Crippen LogP contribution in [0.2, 0.25) is 36.3 Å². The van der Waals surface area contributed by atoms with Crippen LogP contribution in [0.3, 0.4) is 0 Å². The van der Waals surface area contributed by atoms with E-state index in [2.05, 4.69) is 74.3 Å². The number of β-lactam (4-membered cyclic amide) rings is 1. The molecule has 0 aromatic heterocycles. The van der Waals surface area contributed by atoms with E-state index < -0.39 is 34.7 Å². The molecule has 3 atom stereocenters. The Morgan fingerprint density at radius 2 is 1.57 bits per heavy atom. The second-order valence-corrected chi connectivity index (χ2v) is 22.5. The molecule has 35 heavy (non-hydrogen) atoms. The summed E-state index contributed by atoms with van der Waals surface area (Å²) in [5, 5.41) is -0.0633. The van der Waals surface area contributed by atoms with Crippen LogP contribution in [-0.4, -0.2) is 45.3 Å². The highest BCUT2D eigenvalue weighted by Crippen LogP contribution is 2.49. The first-order chi connectivity index (χ1) is 15.8. The molecular formula is C27H45NO5Si2. The molecule has 0 unspecified atom stereocenters. The molecule has 0 aliphatic carbocycles. The third-order valence-corrected chi connectivity index (χ3v) is 17.8. The molecular weight excluding hydrogens is 474 g/mol. The van der Waals surface area contributed by atoms with Gasteiger partial charge in [0, 0.05) is 0 Å². The molecule has 1 saturated heterocycles. The van der Waals surface area contributed by atoms with Crippen LogP contribution in [0.25, 0.3) is 0 Å². The van der Waals surface area contributed by atoms with Crippen molar-refractivity contribution < 1.29 is 23.5 Å². The molecule has 1 heterocycles. The second kappa shape index (κ2) is 10.1. The highest BCUT2D eigenvalue weighted by Gasteiger charge is 2.61. The van der Waals surface area contributed by atoms with Crippen LogP contribution in [-0.2, 0) is 25.3 Å². The monoisotopic (exact) mass is 519 g/mol. The van der Waals surface area contributed by atoms with Gasteiger partial charge in [0.1, 0.15) is 18.6 Å². The molecule has 1 aromatic carbocycles. The van der Waals surface area contributed by atoms with Crippen molar-refractivity contribution in [2.75, 3.05) is 0 Å². The van der Waals surface area contributed by atoms with Crippen molar-refractivity contribution in [3.05, 3.63) is 48.2 Å². The van der Waals surface area contributed by atoms with Crippen LogP contribution in [0.5, 0.6) is 0 Å². The largest absolute Gasteiger partial charge is 0.545 e. The first-order valence-corrected chi connectivity index (χ1v) is 18.2. The summed E-state index contributed by atoms with van der Waals surface area (Å²) in [6, 6.07) is 9.08. The normalized spacial score (nSPS) is 20.1. The molecule has 0 N–H and O–H groups in total. The minimum atomic E-state index is -2.23. The molecule has 1 aromatic rings. The smallest absolute Gasteiger partial charge is 0.508 e. The SMILES string of the molecule is C=C(O[Si](C)(C)C(C)(C)C)[C@@H]1[C@@H]([C@@H](C)OC(=O)OCc2ccccc2)C(=O)N1[Si](C)(C)C(C)(C)C. The lowest BCUT2D eigenvalue weighted by Crippen LogP contribution is -2.75. The van der Waals surface area contributed by atoms with Gasteiger partial charge in [-0.3, -0.25) is 4.79 Å². The third-order valence-electron chi connectivity index (χ3n) is 8.09. The van der Waals surface area contributed by atoms with Gasteiger partial charge in [0.15, 0.2) is 8.24 Å². The van der Waals surface area contributed by atoms with Crippen molar-refractivity contribution in [1.82, 2.24) is 4.57 Å².